The number of ether oxygens (including phenoxy) is 3. The monoisotopic (exact) mass is 268 g/mol. The maximum Gasteiger partial charge on any atom is 0.258 e. The van der Waals surface area contributed by atoms with Crippen molar-refractivity contribution >= 4 is 5.91 Å². The Kier molecular flexibility index (Phi) is 6.70. The highest BCUT2D eigenvalue weighted by molar-refractivity contribution is 5.77. The molecule has 0 aliphatic heterocycles. The van der Waals surface area contributed by atoms with Crippen LogP contribution in [-0.2, 0) is 16.1 Å². The van der Waals surface area contributed by atoms with E-state index in [0.29, 0.717) is 31.2 Å². The van der Waals surface area contributed by atoms with Gasteiger partial charge in [0.25, 0.3) is 5.91 Å². The first-order valence-corrected chi connectivity index (χ1v) is 5.96. The maximum absolute atomic E-state index is 11.5. The summed E-state index contributed by atoms with van der Waals surface area (Å²) in [7, 11) is 3.16. The van der Waals surface area contributed by atoms with E-state index in [1.165, 1.54) is 0 Å². The Hall–Kier alpha value is -1.79. The molecule has 6 nitrogen and oxygen atoms in total. The van der Waals surface area contributed by atoms with Gasteiger partial charge in [-0.3, -0.25) is 4.79 Å². The second kappa shape index (κ2) is 8.34. The molecule has 0 heterocycles. The molecule has 106 valence electrons. The average molecular weight is 268 g/mol. The third-order valence-corrected chi connectivity index (χ3v) is 2.47. The molecule has 0 aliphatic rings. The summed E-state index contributed by atoms with van der Waals surface area (Å²) in [5.41, 5.74) is 6.42. The zero-order chi connectivity index (χ0) is 14.1. The van der Waals surface area contributed by atoms with Gasteiger partial charge in [0, 0.05) is 25.8 Å². The molecule has 0 spiro atoms. The summed E-state index contributed by atoms with van der Waals surface area (Å²) in [5, 5.41) is 2.67. The van der Waals surface area contributed by atoms with Crippen molar-refractivity contribution in [3.63, 3.8) is 0 Å². The SMILES string of the molecule is COCCNC(=O)COc1ccc(OC)cc1CN. The summed E-state index contributed by atoms with van der Waals surface area (Å²) in [6.45, 7) is 1.20. The lowest BCUT2D eigenvalue weighted by molar-refractivity contribution is -0.123. The van der Waals surface area contributed by atoms with Gasteiger partial charge in [0.15, 0.2) is 6.61 Å². The highest BCUT2D eigenvalue weighted by atomic mass is 16.5. The van der Waals surface area contributed by atoms with E-state index in [-0.39, 0.29) is 12.5 Å². The Bertz CT molecular complexity index is 410. The number of nitrogens with two attached hydrogens (primary N) is 1. The summed E-state index contributed by atoms with van der Waals surface area (Å²) in [6, 6.07) is 5.29. The minimum absolute atomic E-state index is 0.0525. The molecule has 0 saturated carbocycles. The summed E-state index contributed by atoms with van der Waals surface area (Å²) < 4.78 is 15.4. The van der Waals surface area contributed by atoms with Crippen molar-refractivity contribution in [1.82, 2.24) is 5.32 Å². The molecule has 6 heteroatoms. The molecule has 0 aromatic heterocycles. The van der Waals surface area contributed by atoms with E-state index < -0.39 is 0 Å². The van der Waals surface area contributed by atoms with Crippen LogP contribution in [0.2, 0.25) is 0 Å². The molecule has 0 unspecified atom stereocenters. The van der Waals surface area contributed by atoms with Gasteiger partial charge < -0.3 is 25.3 Å². The Labute approximate surface area is 112 Å². The van der Waals surface area contributed by atoms with Gasteiger partial charge >= 0.3 is 0 Å². The van der Waals surface area contributed by atoms with Gasteiger partial charge in [0.1, 0.15) is 11.5 Å². The average Bonchev–Trinajstić information content (AvgIpc) is 2.45. The molecular weight excluding hydrogens is 248 g/mol. The van der Waals surface area contributed by atoms with Gasteiger partial charge in [-0.1, -0.05) is 0 Å². The lowest BCUT2D eigenvalue weighted by atomic mass is 10.2. The van der Waals surface area contributed by atoms with Crippen molar-refractivity contribution in [3.05, 3.63) is 23.8 Å². The number of carbonyl (C=O) groups excluding carboxylic acids is 1. The van der Waals surface area contributed by atoms with Crippen molar-refractivity contribution < 1.29 is 19.0 Å². The fraction of sp³-hybridized carbons (Fsp3) is 0.462. The molecule has 1 rings (SSSR count). The van der Waals surface area contributed by atoms with Crippen LogP contribution in [0.1, 0.15) is 5.56 Å². The molecular formula is C13H20N2O4. The summed E-state index contributed by atoms with van der Waals surface area (Å²) in [6.07, 6.45) is 0. The molecule has 1 amide bonds. The Balaban J connectivity index is 2.50. The number of carbonyl (C=O) groups is 1. The summed E-state index contributed by atoms with van der Waals surface area (Å²) in [5.74, 6) is 1.10. The predicted molar refractivity (Wildman–Crippen MR) is 71.3 cm³/mol. The Morgan fingerprint density at radius 3 is 2.79 bits per heavy atom. The van der Waals surface area contributed by atoms with Crippen LogP contribution in [0.3, 0.4) is 0 Å². The number of methoxy groups -OCH3 is 2. The second-order valence-electron chi connectivity index (χ2n) is 3.81. The van der Waals surface area contributed by atoms with Crippen molar-refractivity contribution in [3.8, 4) is 11.5 Å². The van der Waals surface area contributed by atoms with Gasteiger partial charge in [-0.25, -0.2) is 0 Å². The van der Waals surface area contributed by atoms with Crippen molar-refractivity contribution in [2.24, 2.45) is 5.73 Å². The summed E-state index contributed by atoms with van der Waals surface area (Å²) >= 11 is 0. The zero-order valence-corrected chi connectivity index (χ0v) is 11.3. The van der Waals surface area contributed by atoms with Crippen LogP contribution in [0, 0.1) is 0 Å². The first-order valence-electron chi connectivity index (χ1n) is 5.96. The molecule has 0 bridgehead atoms. The van der Waals surface area contributed by atoms with Crippen LogP contribution < -0.4 is 20.5 Å². The molecule has 0 aliphatic carbocycles. The Morgan fingerprint density at radius 2 is 2.16 bits per heavy atom. The molecule has 3 N–H and O–H groups in total. The van der Waals surface area contributed by atoms with Crippen molar-refractivity contribution in [1.29, 1.82) is 0 Å². The van der Waals surface area contributed by atoms with Crippen LogP contribution >= 0.6 is 0 Å². The zero-order valence-electron chi connectivity index (χ0n) is 11.3. The molecule has 1 aromatic rings. The smallest absolute Gasteiger partial charge is 0.258 e. The lowest BCUT2D eigenvalue weighted by Gasteiger charge is -2.11. The van der Waals surface area contributed by atoms with Crippen LogP contribution in [0.5, 0.6) is 11.5 Å². The van der Waals surface area contributed by atoms with E-state index in [1.54, 1.807) is 32.4 Å². The molecule has 0 fully saturated rings. The van der Waals surface area contributed by atoms with E-state index in [0.717, 1.165) is 5.56 Å². The van der Waals surface area contributed by atoms with Gasteiger partial charge in [-0.2, -0.15) is 0 Å². The highest BCUT2D eigenvalue weighted by Gasteiger charge is 2.07. The largest absolute Gasteiger partial charge is 0.497 e. The van der Waals surface area contributed by atoms with E-state index in [9.17, 15) is 4.79 Å². The number of rotatable bonds is 8. The number of amides is 1. The quantitative estimate of drug-likeness (QED) is 0.662. The van der Waals surface area contributed by atoms with Gasteiger partial charge in [-0.15, -0.1) is 0 Å². The molecule has 19 heavy (non-hydrogen) atoms. The van der Waals surface area contributed by atoms with Crippen LogP contribution in [0.15, 0.2) is 18.2 Å². The van der Waals surface area contributed by atoms with Gasteiger partial charge in [-0.05, 0) is 18.2 Å². The van der Waals surface area contributed by atoms with E-state index in [2.05, 4.69) is 5.32 Å². The van der Waals surface area contributed by atoms with E-state index in [1.807, 2.05) is 0 Å². The van der Waals surface area contributed by atoms with Gasteiger partial charge in [0.05, 0.1) is 13.7 Å². The maximum atomic E-state index is 11.5. The number of hydrogen-bond acceptors (Lipinski definition) is 5. The number of nitrogens with one attached hydrogen (secondary N) is 1. The molecule has 0 radical (unpaired) electrons. The highest BCUT2D eigenvalue weighted by Crippen LogP contribution is 2.23. The predicted octanol–water partition coefficient (Wildman–Crippen LogP) is 0.295. The minimum atomic E-state index is -0.198. The first-order chi connectivity index (χ1) is 9.21. The molecule has 0 saturated heterocycles. The fourth-order valence-corrected chi connectivity index (χ4v) is 1.47. The first kappa shape index (κ1) is 15.3. The lowest BCUT2D eigenvalue weighted by Crippen LogP contribution is -2.31. The third-order valence-electron chi connectivity index (χ3n) is 2.47. The summed E-state index contributed by atoms with van der Waals surface area (Å²) in [4.78, 5) is 11.5. The van der Waals surface area contributed by atoms with E-state index in [4.69, 9.17) is 19.9 Å². The number of hydrogen-bond donors (Lipinski definition) is 2. The minimum Gasteiger partial charge on any atom is -0.497 e. The Morgan fingerprint density at radius 1 is 1.37 bits per heavy atom. The standard InChI is InChI=1S/C13H20N2O4/c1-17-6-5-15-13(16)9-19-12-4-3-11(18-2)7-10(12)8-14/h3-4,7H,5-6,8-9,14H2,1-2H3,(H,15,16). The second-order valence-corrected chi connectivity index (χ2v) is 3.81. The van der Waals surface area contributed by atoms with Crippen LogP contribution in [0.4, 0.5) is 0 Å². The number of benzene rings is 1. The van der Waals surface area contributed by atoms with Crippen molar-refractivity contribution in [2.75, 3.05) is 34.0 Å². The topological polar surface area (TPSA) is 82.8 Å². The van der Waals surface area contributed by atoms with Crippen LogP contribution in [-0.4, -0.2) is 39.9 Å². The third kappa shape index (κ3) is 5.15. The van der Waals surface area contributed by atoms with E-state index >= 15 is 0 Å². The molecule has 1 aromatic carbocycles. The molecule has 0 atom stereocenters. The van der Waals surface area contributed by atoms with Crippen molar-refractivity contribution in [2.45, 2.75) is 6.54 Å². The normalized spacial score (nSPS) is 10.1. The van der Waals surface area contributed by atoms with Gasteiger partial charge in [0.2, 0.25) is 0 Å². The fourth-order valence-electron chi connectivity index (χ4n) is 1.47. The van der Waals surface area contributed by atoms with Crippen LogP contribution in [0.25, 0.3) is 0 Å².